The van der Waals surface area contributed by atoms with Crippen LogP contribution in [0.15, 0.2) is 98.1 Å². The van der Waals surface area contributed by atoms with Crippen LogP contribution in [0.4, 0.5) is 28.4 Å². The minimum atomic E-state index is -0.884. The predicted octanol–water partition coefficient (Wildman–Crippen LogP) is 12.1. The maximum Gasteiger partial charge on any atom is 0.345 e. The Morgan fingerprint density at radius 3 is 2.08 bits per heavy atom. The first-order chi connectivity index (χ1) is 31.6. The number of aromatic hydroxyl groups is 3. The Labute approximate surface area is 380 Å². The molecule has 0 aromatic heterocycles. The molecular weight excluding hydrogens is 855 g/mol. The van der Waals surface area contributed by atoms with E-state index in [-0.39, 0.29) is 47.5 Å². The summed E-state index contributed by atoms with van der Waals surface area (Å²) in [6, 6.07) is 19.7. The van der Waals surface area contributed by atoms with E-state index in [9.17, 15) is 30.0 Å². The van der Waals surface area contributed by atoms with Crippen molar-refractivity contribution in [1.82, 2.24) is 0 Å². The standard InChI is InChI=1S/C48H55N5O11S/c49-31-17-16-30-26-42(65-64-63-60)44(46(57)36(30)27-31)53-51-38-21-20-37(33-14-8-9-15-34(33)38)50-52-39-22-23-40(54)43(47(39)58)48(59)62-25-11-4-2-1-3-10-24-61-32-18-19-35(41(55)28-32)45(56)29-12-6-5-7-13-29/h8-9,14-17,20-23,26-27,29,32,35,41,54-55,57-58,60H,1-7,10-13,18-19,24-25,28,49H2. The number of phenolic OH excluding ortho intramolecular Hbond substituents is 3. The molecule has 2 aliphatic rings. The van der Waals surface area contributed by atoms with Crippen LogP contribution in [0.3, 0.4) is 0 Å². The first-order valence-electron chi connectivity index (χ1n) is 22.2. The zero-order valence-electron chi connectivity index (χ0n) is 36.0. The minimum Gasteiger partial charge on any atom is -0.507 e. The molecule has 344 valence electrons. The topological polar surface area (TPSA) is 248 Å². The number of benzene rings is 5. The third-order valence-corrected chi connectivity index (χ3v) is 12.9. The quantitative estimate of drug-likeness (QED) is 0.00810. The Hall–Kier alpha value is -5.69. The fraction of sp³-hybridized carbons (Fsp3) is 0.417. The molecule has 7 rings (SSSR count). The molecule has 3 unspecified atom stereocenters. The second kappa shape index (κ2) is 23.0. The summed E-state index contributed by atoms with van der Waals surface area (Å²) in [6.07, 6.45) is 12.0. The number of azo groups is 2. The molecule has 65 heavy (non-hydrogen) atoms. The maximum absolute atomic E-state index is 13.0. The van der Waals surface area contributed by atoms with E-state index in [1.807, 2.05) is 0 Å². The number of hydrogen-bond acceptors (Lipinski definition) is 17. The van der Waals surface area contributed by atoms with Crippen LogP contribution in [0, 0.1) is 11.8 Å². The molecule has 3 atom stereocenters. The molecule has 5 aromatic carbocycles. The van der Waals surface area contributed by atoms with Crippen LogP contribution < -0.4 is 5.73 Å². The molecule has 5 aromatic rings. The van der Waals surface area contributed by atoms with Crippen molar-refractivity contribution in [2.75, 3.05) is 18.9 Å². The molecule has 7 N–H and O–H groups in total. The van der Waals surface area contributed by atoms with E-state index in [4.69, 9.17) is 20.5 Å². The van der Waals surface area contributed by atoms with Gasteiger partial charge in [-0.25, -0.2) is 10.1 Å². The van der Waals surface area contributed by atoms with Crippen molar-refractivity contribution in [2.24, 2.45) is 32.3 Å². The highest BCUT2D eigenvalue weighted by molar-refractivity contribution is 7.94. The van der Waals surface area contributed by atoms with Crippen LogP contribution in [0.25, 0.3) is 21.5 Å². The second-order valence-corrected chi connectivity index (χ2v) is 17.4. The number of nitrogen functional groups attached to an aromatic ring is 1. The largest absolute Gasteiger partial charge is 0.507 e. The third-order valence-electron chi connectivity index (χ3n) is 12.2. The van der Waals surface area contributed by atoms with Gasteiger partial charge in [0, 0.05) is 46.7 Å². The number of hydrogen-bond donors (Lipinski definition) is 6. The number of carbonyl (C=O) groups excluding carboxylic acids is 2. The monoisotopic (exact) mass is 909 g/mol. The number of phenols is 3. The minimum absolute atomic E-state index is 0.00494. The molecule has 17 heteroatoms. The van der Waals surface area contributed by atoms with Crippen LogP contribution in [0.1, 0.15) is 100 Å². The highest BCUT2D eigenvalue weighted by Crippen LogP contribution is 2.46. The second-order valence-electron chi connectivity index (χ2n) is 16.6. The highest BCUT2D eigenvalue weighted by atomic mass is 32.2. The number of carbonyl (C=O) groups is 2. The first kappa shape index (κ1) is 47.3. The molecule has 2 aliphatic carbocycles. The molecule has 0 saturated heterocycles. The van der Waals surface area contributed by atoms with Gasteiger partial charge in [0.2, 0.25) is 0 Å². The Kier molecular flexibility index (Phi) is 16.7. The van der Waals surface area contributed by atoms with Crippen molar-refractivity contribution in [2.45, 2.75) is 107 Å². The van der Waals surface area contributed by atoms with E-state index in [2.05, 4.69) is 29.8 Å². The van der Waals surface area contributed by atoms with Gasteiger partial charge < -0.3 is 35.6 Å². The predicted molar refractivity (Wildman–Crippen MR) is 245 cm³/mol. The fourth-order valence-electron chi connectivity index (χ4n) is 8.76. The van der Waals surface area contributed by atoms with Crippen molar-refractivity contribution in [3.8, 4) is 17.2 Å². The van der Waals surface area contributed by atoms with E-state index in [1.165, 1.54) is 18.6 Å². The van der Waals surface area contributed by atoms with E-state index >= 15 is 0 Å². The van der Waals surface area contributed by atoms with E-state index in [0.29, 0.717) is 81.4 Å². The third kappa shape index (κ3) is 12.0. The molecular formula is C48H55N5O11S. The van der Waals surface area contributed by atoms with Crippen LogP contribution >= 0.6 is 12.0 Å². The Bertz CT molecular complexity index is 2510. The number of aliphatic hydroxyl groups excluding tert-OH is 1. The van der Waals surface area contributed by atoms with Gasteiger partial charge in [0.1, 0.15) is 28.5 Å². The average Bonchev–Trinajstić information content (AvgIpc) is 3.31. The smallest absolute Gasteiger partial charge is 0.345 e. The molecule has 16 nitrogen and oxygen atoms in total. The lowest BCUT2D eigenvalue weighted by Crippen LogP contribution is -2.40. The summed E-state index contributed by atoms with van der Waals surface area (Å²) < 4.78 is 16.1. The maximum atomic E-state index is 13.0. The van der Waals surface area contributed by atoms with Crippen molar-refractivity contribution in [1.29, 1.82) is 0 Å². The number of rotatable bonds is 20. The highest BCUT2D eigenvalue weighted by Gasteiger charge is 2.37. The van der Waals surface area contributed by atoms with Gasteiger partial charge in [-0.15, -0.1) is 24.8 Å². The number of aliphatic hydroxyl groups is 1. The van der Waals surface area contributed by atoms with Gasteiger partial charge >= 0.3 is 5.97 Å². The van der Waals surface area contributed by atoms with E-state index < -0.39 is 29.1 Å². The van der Waals surface area contributed by atoms with Gasteiger partial charge in [0.05, 0.1) is 47.1 Å². The molecule has 2 fully saturated rings. The number of Topliss-reactive ketones (excluding diaryl/α,β-unsaturated/α-hetero) is 1. The summed E-state index contributed by atoms with van der Waals surface area (Å²) in [5.41, 5.74) is 6.77. The summed E-state index contributed by atoms with van der Waals surface area (Å²) in [5, 5.41) is 75.5. The summed E-state index contributed by atoms with van der Waals surface area (Å²) in [5.74, 6) is -1.98. The van der Waals surface area contributed by atoms with Crippen LogP contribution in [-0.2, 0) is 23.6 Å². The molecule has 2 saturated carbocycles. The molecule has 0 heterocycles. The number of nitrogens with two attached hydrogens (primary N) is 1. The van der Waals surface area contributed by atoms with Gasteiger partial charge in [0.25, 0.3) is 0 Å². The van der Waals surface area contributed by atoms with Crippen LogP contribution in [0.5, 0.6) is 17.2 Å². The Morgan fingerprint density at radius 1 is 0.708 bits per heavy atom. The number of fused-ring (bicyclic) bond motifs is 2. The number of unbranched alkanes of at least 4 members (excludes halogenated alkanes) is 5. The van der Waals surface area contributed by atoms with Crippen molar-refractivity contribution in [3.63, 3.8) is 0 Å². The van der Waals surface area contributed by atoms with Gasteiger partial charge in [-0.1, -0.05) is 80.3 Å². The van der Waals surface area contributed by atoms with Gasteiger partial charge in [-0.3, -0.25) is 4.79 Å². The summed E-state index contributed by atoms with van der Waals surface area (Å²) in [7, 11) is 0. The zero-order valence-corrected chi connectivity index (χ0v) is 36.8. The fourth-order valence-corrected chi connectivity index (χ4v) is 9.25. The normalized spacial score (nSPS) is 18.3. The van der Waals surface area contributed by atoms with Crippen LogP contribution in [-0.4, -0.2) is 62.9 Å². The first-order valence-corrected chi connectivity index (χ1v) is 23.0. The summed E-state index contributed by atoms with van der Waals surface area (Å²) >= 11 is 0.622. The Balaban J connectivity index is 0.880. The van der Waals surface area contributed by atoms with Gasteiger partial charge in [-0.2, -0.15) is 0 Å². The van der Waals surface area contributed by atoms with E-state index in [1.54, 1.807) is 60.7 Å². The SMILES string of the molecule is Nc1ccc2cc(SOOO)c(N=Nc3ccc(N=Nc4ccc(O)c(C(=O)OCCCCCCCCOC5CCC(C(=O)C6CCCCC6)C(O)C5)c4O)c4ccccc34)c(O)c2c1. The van der Waals surface area contributed by atoms with Crippen LogP contribution in [0.2, 0.25) is 0 Å². The molecule has 0 radical (unpaired) electrons. The molecule has 0 amide bonds. The van der Waals surface area contributed by atoms with Gasteiger partial charge in [-0.05, 0) is 86.4 Å². The number of esters is 1. The Morgan fingerprint density at radius 2 is 1.37 bits per heavy atom. The van der Waals surface area contributed by atoms with E-state index in [0.717, 1.165) is 64.2 Å². The lowest BCUT2D eigenvalue weighted by molar-refractivity contribution is -0.432. The lowest BCUT2D eigenvalue weighted by atomic mass is 9.74. The van der Waals surface area contributed by atoms with Gasteiger partial charge in [0.15, 0.2) is 11.5 Å². The number of anilines is 1. The summed E-state index contributed by atoms with van der Waals surface area (Å²) in [6.45, 7) is 0.729. The number of ketones is 1. The lowest BCUT2D eigenvalue weighted by Gasteiger charge is -2.34. The summed E-state index contributed by atoms with van der Waals surface area (Å²) in [4.78, 5) is 26.3. The van der Waals surface area contributed by atoms with Crippen molar-refractivity contribution < 1.29 is 54.1 Å². The molecule has 0 bridgehead atoms. The molecule has 0 aliphatic heterocycles. The van der Waals surface area contributed by atoms with Crippen molar-refractivity contribution >= 4 is 73.8 Å². The average molecular weight is 910 g/mol. The zero-order chi connectivity index (χ0) is 45.7. The van der Waals surface area contributed by atoms with Crippen molar-refractivity contribution in [3.05, 3.63) is 78.4 Å². The number of nitrogens with zero attached hydrogens (tertiary/aromatic N) is 4. The number of ether oxygens (including phenoxy) is 2. The molecule has 0 spiro atoms.